The summed E-state index contributed by atoms with van der Waals surface area (Å²) in [5.74, 6) is 0. The third-order valence-corrected chi connectivity index (χ3v) is 4.08. The average molecular weight is 277 g/mol. The molecule has 2 aromatic rings. The van der Waals surface area contributed by atoms with E-state index in [4.69, 9.17) is 4.42 Å². The fourth-order valence-corrected chi connectivity index (χ4v) is 2.55. The molecule has 0 atom stereocenters. The molecule has 100 valence electrons. The Labute approximate surface area is 115 Å². The molecule has 1 aromatic carbocycles. The number of carbonyl (C=O) groups is 1. The molecule has 0 saturated heterocycles. The minimum atomic E-state index is -0.366. The van der Waals surface area contributed by atoms with Gasteiger partial charge in [0, 0.05) is 36.0 Å². The first-order valence-corrected chi connectivity index (χ1v) is 6.65. The van der Waals surface area contributed by atoms with Gasteiger partial charge in [-0.05, 0) is 43.3 Å². The Morgan fingerprint density at radius 1 is 1.26 bits per heavy atom. The molecule has 5 heteroatoms. The highest BCUT2D eigenvalue weighted by atomic mass is 32.2. The SMILES string of the molecule is Cc1cc(=O)oc2c(C)c(SC(=O)N(C)C)ccc12. The van der Waals surface area contributed by atoms with E-state index in [0.717, 1.165) is 33.2 Å². The van der Waals surface area contributed by atoms with Gasteiger partial charge in [-0.3, -0.25) is 4.79 Å². The number of aryl methyl sites for hydroxylation is 2. The number of hydrogen-bond donors (Lipinski definition) is 0. The molecule has 2 rings (SSSR count). The van der Waals surface area contributed by atoms with Crippen molar-refractivity contribution in [3.8, 4) is 0 Å². The van der Waals surface area contributed by atoms with E-state index in [-0.39, 0.29) is 10.9 Å². The van der Waals surface area contributed by atoms with Crippen molar-refractivity contribution in [2.45, 2.75) is 18.7 Å². The molecule has 0 bridgehead atoms. The summed E-state index contributed by atoms with van der Waals surface area (Å²) in [6, 6.07) is 5.24. The first kappa shape index (κ1) is 13.7. The van der Waals surface area contributed by atoms with Crippen molar-refractivity contribution in [1.29, 1.82) is 0 Å². The number of thioether (sulfide) groups is 1. The van der Waals surface area contributed by atoms with Gasteiger partial charge in [-0.25, -0.2) is 4.79 Å². The molecular formula is C14H15NO3S. The molecule has 1 heterocycles. The lowest BCUT2D eigenvalue weighted by Crippen LogP contribution is -2.16. The van der Waals surface area contributed by atoms with Gasteiger partial charge in [-0.2, -0.15) is 0 Å². The van der Waals surface area contributed by atoms with E-state index in [1.54, 1.807) is 14.1 Å². The molecule has 0 unspecified atom stereocenters. The largest absolute Gasteiger partial charge is 0.422 e. The lowest BCUT2D eigenvalue weighted by molar-refractivity contribution is 0.241. The molecule has 0 N–H and O–H groups in total. The van der Waals surface area contributed by atoms with Gasteiger partial charge in [0.2, 0.25) is 0 Å². The van der Waals surface area contributed by atoms with Crippen molar-refractivity contribution in [1.82, 2.24) is 4.90 Å². The van der Waals surface area contributed by atoms with Crippen LogP contribution in [0.5, 0.6) is 0 Å². The minimum Gasteiger partial charge on any atom is -0.422 e. The molecule has 0 radical (unpaired) electrons. The minimum absolute atomic E-state index is 0.0579. The Kier molecular flexibility index (Phi) is 3.66. The standard InChI is InChI=1S/C14H15NO3S/c1-8-7-12(16)18-13-9(2)11(6-5-10(8)13)19-14(17)15(3)4/h5-7H,1-4H3. The summed E-state index contributed by atoms with van der Waals surface area (Å²) >= 11 is 1.13. The van der Waals surface area contributed by atoms with Crippen LogP contribution in [-0.4, -0.2) is 24.2 Å². The highest BCUT2D eigenvalue weighted by molar-refractivity contribution is 8.13. The van der Waals surface area contributed by atoms with Crippen molar-refractivity contribution in [3.63, 3.8) is 0 Å². The smallest absolute Gasteiger partial charge is 0.336 e. The maximum atomic E-state index is 11.7. The number of benzene rings is 1. The summed E-state index contributed by atoms with van der Waals surface area (Å²) in [5.41, 5.74) is 1.89. The number of amides is 1. The zero-order chi connectivity index (χ0) is 14.2. The van der Waals surface area contributed by atoms with E-state index in [2.05, 4.69) is 0 Å². The molecular weight excluding hydrogens is 262 g/mol. The second-order valence-electron chi connectivity index (χ2n) is 4.58. The molecule has 1 amide bonds. The maximum absolute atomic E-state index is 11.7. The molecule has 4 nitrogen and oxygen atoms in total. The second-order valence-corrected chi connectivity index (χ2v) is 5.57. The van der Waals surface area contributed by atoms with Crippen LogP contribution in [-0.2, 0) is 0 Å². The predicted octanol–water partition coefficient (Wildman–Crippen LogP) is 3.18. The number of fused-ring (bicyclic) bond motifs is 1. The van der Waals surface area contributed by atoms with Gasteiger partial charge in [0.25, 0.3) is 5.24 Å². The molecule has 0 aliphatic heterocycles. The number of carbonyl (C=O) groups excluding carboxylic acids is 1. The normalized spacial score (nSPS) is 10.7. The van der Waals surface area contributed by atoms with Gasteiger partial charge in [-0.1, -0.05) is 0 Å². The quantitative estimate of drug-likeness (QED) is 0.593. The first-order chi connectivity index (χ1) is 8.90. The van der Waals surface area contributed by atoms with Crippen LogP contribution in [0, 0.1) is 13.8 Å². The van der Waals surface area contributed by atoms with Gasteiger partial charge in [0.05, 0.1) is 0 Å². The van der Waals surface area contributed by atoms with Gasteiger partial charge in [0.1, 0.15) is 5.58 Å². The third kappa shape index (κ3) is 2.66. The average Bonchev–Trinajstić information content (AvgIpc) is 2.33. The van der Waals surface area contributed by atoms with Gasteiger partial charge in [0.15, 0.2) is 0 Å². The summed E-state index contributed by atoms with van der Waals surface area (Å²) < 4.78 is 5.26. The second kappa shape index (κ2) is 5.09. The molecule has 0 aliphatic carbocycles. The van der Waals surface area contributed by atoms with Crippen LogP contribution < -0.4 is 5.63 Å². The van der Waals surface area contributed by atoms with Crippen LogP contribution >= 0.6 is 11.8 Å². The summed E-state index contributed by atoms with van der Waals surface area (Å²) in [4.78, 5) is 25.5. The Balaban J connectivity index is 2.57. The maximum Gasteiger partial charge on any atom is 0.336 e. The lowest BCUT2D eigenvalue weighted by Gasteiger charge is -2.12. The van der Waals surface area contributed by atoms with Crippen molar-refractivity contribution >= 4 is 28.0 Å². The Morgan fingerprint density at radius 3 is 2.58 bits per heavy atom. The number of rotatable bonds is 1. The molecule has 0 saturated carbocycles. The van der Waals surface area contributed by atoms with E-state index in [1.165, 1.54) is 11.0 Å². The summed E-state index contributed by atoms with van der Waals surface area (Å²) in [7, 11) is 3.41. The van der Waals surface area contributed by atoms with Crippen LogP contribution in [0.1, 0.15) is 11.1 Å². The number of hydrogen-bond acceptors (Lipinski definition) is 4. The van der Waals surface area contributed by atoms with Crippen molar-refractivity contribution in [2.75, 3.05) is 14.1 Å². The topological polar surface area (TPSA) is 50.5 Å². The Morgan fingerprint density at radius 2 is 1.95 bits per heavy atom. The van der Waals surface area contributed by atoms with Crippen LogP contribution in [0.4, 0.5) is 4.79 Å². The summed E-state index contributed by atoms with van der Waals surface area (Å²) in [5, 5.41) is 0.844. The Hall–Kier alpha value is -1.75. The van der Waals surface area contributed by atoms with Gasteiger partial charge < -0.3 is 9.32 Å². The highest BCUT2D eigenvalue weighted by Crippen LogP contribution is 2.30. The van der Waals surface area contributed by atoms with Crippen molar-refractivity contribution in [3.05, 3.63) is 39.7 Å². The molecule has 1 aromatic heterocycles. The van der Waals surface area contributed by atoms with Crippen molar-refractivity contribution in [2.24, 2.45) is 0 Å². The summed E-state index contributed by atoms with van der Waals surface area (Å²) in [6.45, 7) is 3.73. The highest BCUT2D eigenvalue weighted by Gasteiger charge is 2.13. The van der Waals surface area contributed by atoms with Crippen LogP contribution in [0.3, 0.4) is 0 Å². The van der Waals surface area contributed by atoms with E-state index < -0.39 is 0 Å². The van der Waals surface area contributed by atoms with Crippen LogP contribution in [0.15, 0.2) is 32.3 Å². The van der Waals surface area contributed by atoms with Crippen molar-refractivity contribution < 1.29 is 9.21 Å². The number of nitrogens with zero attached hydrogens (tertiary/aromatic N) is 1. The van der Waals surface area contributed by atoms with E-state index in [9.17, 15) is 9.59 Å². The van der Waals surface area contributed by atoms with Gasteiger partial charge in [-0.15, -0.1) is 0 Å². The van der Waals surface area contributed by atoms with E-state index >= 15 is 0 Å². The molecule has 0 fully saturated rings. The van der Waals surface area contributed by atoms with Gasteiger partial charge >= 0.3 is 5.63 Å². The molecule has 19 heavy (non-hydrogen) atoms. The van der Waals surface area contributed by atoms with E-state index in [1.807, 2.05) is 26.0 Å². The van der Waals surface area contributed by atoms with Crippen LogP contribution in [0.25, 0.3) is 11.0 Å². The molecule has 0 spiro atoms. The monoisotopic (exact) mass is 277 g/mol. The fraction of sp³-hybridized carbons (Fsp3) is 0.286. The zero-order valence-corrected chi connectivity index (χ0v) is 12.1. The first-order valence-electron chi connectivity index (χ1n) is 5.83. The summed E-state index contributed by atoms with van der Waals surface area (Å²) in [6.07, 6.45) is 0. The fourth-order valence-electron chi connectivity index (χ4n) is 1.80. The Bertz CT molecular complexity index is 704. The third-order valence-electron chi connectivity index (χ3n) is 2.88. The van der Waals surface area contributed by atoms with E-state index in [0.29, 0.717) is 5.58 Å². The molecule has 0 aliphatic rings. The van der Waals surface area contributed by atoms with Crippen LogP contribution in [0.2, 0.25) is 0 Å². The lowest BCUT2D eigenvalue weighted by atomic mass is 10.1. The zero-order valence-electron chi connectivity index (χ0n) is 11.3. The predicted molar refractivity (Wildman–Crippen MR) is 76.9 cm³/mol.